The molecule has 2 N–H and O–H groups in total. The van der Waals surface area contributed by atoms with Crippen molar-refractivity contribution in [1.29, 1.82) is 0 Å². The zero-order chi connectivity index (χ0) is 23.2. The number of sulfonamides is 1. The Labute approximate surface area is 195 Å². The SMILES string of the molecule is Cc1ccc(CN2CC[C@@H](CNS(=O)(=O)c3cc4[nH]c5c(c4cc3C)C(=O)CCC5)C2)cc1. The van der Waals surface area contributed by atoms with E-state index >= 15 is 0 Å². The smallest absolute Gasteiger partial charge is 0.240 e. The van der Waals surface area contributed by atoms with Crippen LogP contribution in [0.5, 0.6) is 0 Å². The maximum absolute atomic E-state index is 13.2. The summed E-state index contributed by atoms with van der Waals surface area (Å²) in [5.41, 5.74) is 5.62. The van der Waals surface area contributed by atoms with Crippen molar-refractivity contribution in [2.24, 2.45) is 5.92 Å². The summed E-state index contributed by atoms with van der Waals surface area (Å²) >= 11 is 0. The second kappa shape index (κ2) is 8.70. The molecule has 0 bridgehead atoms. The number of fused-ring (bicyclic) bond motifs is 3. The monoisotopic (exact) mass is 465 g/mol. The minimum absolute atomic E-state index is 0.145. The first-order valence-corrected chi connectivity index (χ1v) is 13.2. The van der Waals surface area contributed by atoms with Gasteiger partial charge in [-0.25, -0.2) is 13.1 Å². The molecule has 0 spiro atoms. The lowest BCUT2D eigenvalue weighted by Gasteiger charge is -2.17. The number of Topliss-reactive ketones (excluding diaryl/α,β-unsaturated/α-hetero) is 1. The standard InChI is InChI=1S/C26H31N3O3S/c1-17-6-8-19(9-7-17)15-29-11-10-20(16-29)14-27-33(31,32)25-13-23-21(12-18(25)2)26-22(28-23)4-3-5-24(26)30/h6-9,12-13,20,27-28H,3-5,10-11,14-16H2,1-2H3/t20-/m0/s1. The molecule has 3 aromatic rings. The zero-order valence-electron chi connectivity index (χ0n) is 19.3. The average molecular weight is 466 g/mol. The molecule has 2 aromatic carbocycles. The third-order valence-electron chi connectivity index (χ3n) is 7.03. The van der Waals surface area contributed by atoms with Crippen molar-refractivity contribution in [3.8, 4) is 0 Å². The highest BCUT2D eigenvalue weighted by atomic mass is 32.2. The topological polar surface area (TPSA) is 82.3 Å². The second-order valence-corrected chi connectivity index (χ2v) is 11.4. The number of aromatic nitrogens is 1. The van der Waals surface area contributed by atoms with Gasteiger partial charge in [0.15, 0.2) is 5.78 Å². The Morgan fingerprint density at radius 2 is 1.91 bits per heavy atom. The molecule has 1 saturated heterocycles. The molecule has 0 saturated carbocycles. The van der Waals surface area contributed by atoms with Gasteiger partial charge >= 0.3 is 0 Å². The van der Waals surface area contributed by atoms with Crippen LogP contribution in [0.4, 0.5) is 0 Å². The summed E-state index contributed by atoms with van der Waals surface area (Å²) < 4.78 is 29.2. The molecule has 0 amide bonds. The normalized spacial score (nSPS) is 19.3. The first kappa shape index (κ1) is 22.3. The molecule has 5 rings (SSSR count). The summed E-state index contributed by atoms with van der Waals surface area (Å²) in [7, 11) is -3.64. The summed E-state index contributed by atoms with van der Waals surface area (Å²) in [6, 6.07) is 12.1. The predicted molar refractivity (Wildman–Crippen MR) is 130 cm³/mol. The summed E-state index contributed by atoms with van der Waals surface area (Å²) in [6.45, 7) is 7.09. The highest BCUT2D eigenvalue weighted by Gasteiger charge is 2.27. The van der Waals surface area contributed by atoms with Gasteiger partial charge in [-0.1, -0.05) is 29.8 Å². The molecule has 1 fully saturated rings. The van der Waals surface area contributed by atoms with Crippen LogP contribution in [0.3, 0.4) is 0 Å². The number of ketones is 1. The summed E-state index contributed by atoms with van der Waals surface area (Å²) in [5.74, 6) is 0.441. The number of carbonyl (C=O) groups is 1. The van der Waals surface area contributed by atoms with E-state index in [4.69, 9.17) is 0 Å². The Morgan fingerprint density at radius 1 is 1.12 bits per heavy atom. The van der Waals surface area contributed by atoms with Crippen molar-refractivity contribution in [2.45, 2.75) is 51.0 Å². The van der Waals surface area contributed by atoms with E-state index in [2.05, 4.69) is 45.8 Å². The Morgan fingerprint density at radius 3 is 2.70 bits per heavy atom. The molecule has 6 nitrogen and oxygen atoms in total. The van der Waals surface area contributed by atoms with E-state index in [9.17, 15) is 13.2 Å². The molecular weight excluding hydrogens is 434 g/mol. The highest BCUT2D eigenvalue weighted by molar-refractivity contribution is 7.89. The number of benzene rings is 2. The quantitative estimate of drug-likeness (QED) is 0.574. The average Bonchev–Trinajstić information content (AvgIpc) is 3.38. The van der Waals surface area contributed by atoms with E-state index < -0.39 is 10.0 Å². The van der Waals surface area contributed by atoms with Crippen molar-refractivity contribution in [3.63, 3.8) is 0 Å². The lowest BCUT2D eigenvalue weighted by molar-refractivity contribution is 0.0974. The Balaban J connectivity index is 1.27. The van der Waals surface area contributed by atoms with Crippen LogP contribution in [0.1, 0.15) is 52.0 Å². The van der Waals surface area contributed by atoms with Gasteiger partial charge in [0.25, 0.3) is 0 Å². The molecule has 7 heteroatoms. The van der Waals surface area contributed by atoms with E-state index in [1.165, 1.54) is 11.1 Å². The van der Waals surface area contributed by atoms with E-state index in [1.807, 2.05) is 6.07 Å². The molecule has 1 atom stereocenters. The van der Waals surface area contributed by atoms with Crippen molar-refractivity contribution in [1.82, 2.24) is 14.6 Å². The summed E-state index contributed by atoms with van der Waals surface area (Å²) in [5, 5.41) is 0.841. The number of hydrogen-bond donors (Lipinski definition) is 2. The first-order valence-electron chi connectivity index (χ1n) is 11.8. The third kappa shape index (κ3) is 4.50. The molecule has 33 heavy (non-hydrogen) atoms. The third-order valence-corrected chi connectivity index (χ3v) is 8.60. The minimum atomic E-state index is -3.64. The Kier molecular flexibility index (Phi) is 5.89. The van der Waals surface area contributed by atoms with Crippen LogP contribution in [0.15, 0.2) is 41.3 Å². The highest BCUT2D eigenvalue weighted by Crippen LogP contribution is 2.32. The molecule has 174 valence electrons. The maximum Gasteiger partial charge on any atom is 0.240 e. The van der Waals surface area contributed by atoms with Crippen molar-refractivity contribution < 1.29 is 13.2 Å². The molecule has 1 aliphatic heterocycles. The van der Waals surface area contributed by atoms with Crippen LogP contribution in [0.2, 0.25) is 0 Å². The van der Waals surface area contributed by atoms with Gasteiger partial charge < -0.3 is 4.98 Å². The van der Waals surface area contributed by atoms with Gasteiger partial charge in [-0.2, -0.15) is 0 Å². The van der Waals surface area contributed by atoms with Gasteiger partial charge in [0.1, 0.15) is 0 Å². The maximum atomic E-state index is 13.2. The first-order chi connectivity index (χ1) is 15.8. The molecular formula is C26H31N3O3S. The number of likely N-dealkylation sites (tertiary alicyclic amines) is 1. The Bertz CT molecular complexity index is 1310. The fraction of sp³-hybridized carbons (Fsp3) is 0.423. The number of aromatic amines is 1. The van der Waals surface area contributed by atoms with Gasteiger partial charge in [0, 0.05) is 48.2 Å². The minimum Gasteiger partial charge on any atom is -0.358 e. The number of carbonyl (C=O) groups excluding carboxylic acids is 1. The van der Waals surface area contributed by atoms with Gasteiger partial charge in [-0.15, -0.1) is 0 Å². The number of rotatable bonds is 6. The fourth-order valence-corrected chi connectivity index (χ4v) is 6.58. The Hall–Kier alpha value is -2.48. The van der Waals surface area contributed by atoms with Crippen molar-refractivity contribution in [3.05, 3.63) is 64.3 Å². The van der Waals surface area contributed by atoms with Crippen LogP contribution in [-0.2, 0) is 23.0 Å². The van der Waals surface area contributed by atoms with Crippen molar-refractivity contribution >= 4 is 26.7 Å². The molecule has 1 aromatic heterocycles. The summed E-state index contributed by atoms with van der Waals surface area (Å²) in [6.07, 6.45) is 3.21. The van der Waals surface area contributed by atoms with Gasteiger partial charge in [-0.3, -0.25) is 9.69 Å². The van der Waals surface area contributed by atoms with E-state index in [-0.39, 0.29) is 10.7 Å². The van der Waals surface area contributed by atoms with Crippen LogP contribution in [-0.4, -0.2) is 43.7 Å². The second-order valence-electron chi connectivity index (χ2n) is 9.65. The molecule has 2 aliphatic rings. The van der Waals surface area contributed by atoms with Crippen LogP contribution < -0.4 is 4.72 Å². The van der Waals surface area contributed by atoms with Gasteiger partial charge in [-0.05, 0) is 68.8 Å². The molecule has 0 unspecified atom stereocenters. The molecule has 1 aliphatic carbocycles. The lowest BCUT2D eigenvalue weighted by atomic mass is 9.94. The van der Waals surface area contributed by atoms with Crippen LogP contribution in [0.25, 0.3) is 10.9 Å². The van der Waals surface area contributed by atoms with Gasteiger partial charge in [0.05, 0.1) is 4.90 Å². The van der Waals surface area contributed by atoms with E-state index in [0.717, 1.165) is 61.1 Å². The van der Waals surface area contributed by atoms with Crippen LogP contribution in [0, 0.1) is 19.8 Å². The van der Waals surface area contributed by atoms with Gasteiger partial charge in [0.2, 0.25) is 10.0 Å². The predicted octanol–water partition coefficient (Wildman–Crippen LogP) is 4.10. The lowest BCUT2D eigenvalue weighted by Crippen LogP contribution is -2.31. The largest absolute Gasteiger partial charge is 0.358 e. The summed E-state index contributed by atoms with van der Waals surface area (Å²) in [4.78, 5) is 18.4. The van der Waals surface area contributed by atoms with E-state index in [1.54, 1.807) is 13.0 Å². The molecule has 0 radical (unpaired) electrons. The van der Waals surface area contributed by atoms with Crippen LogP contribution >= 0.6 is 0 Å². The molecule has 2 heterocycles. The fourth-order valence-electron chi connectivity index (χ4n) is 5.21. The number of aryl methyl sites for hydroxylation is 3. The zero-order valence-corrected chi connectivity index (χ0v) is 20.1. The number of nitrogens with zero attached hydrogens (tertiary/aromatic N) is 1. The van der Waals surface area contributed by atoms with E-state index in [0.29, 0.717) is 24.4 Å². The number of hydrogen-bond acceptors (Lipinski definition) is 4. The number of nitrogens with one attached hydrogen (secondary N) is 2. The van der Waals surface area contributed by atoms with Crippen molar-refractivity contribution in [2.75, 3.05) is 19.6 Å². The number of H-pyrrole nitrogens is 1.